The molecule has 0 saturated heterocycles. The number of carbonyl (C=O) groups is 1. The normalized spacial score (nSPS) is 19.3. The molecule has 0 aliphatic heterocycles. The topological polar surface area (TPSA) is 61.4 Å². The molecule has 0 aromatic heterocycles. The molecule has 2 aromatic rings. The minimum absolute atomic E-state index is 0.0980. The number of carboxylic acids is 1. The van der Waals surface area contributed by atoms with E-state index < -0.39 is 5.97 Å². The molecule has 25 heavy (non-hydrogen) atoms. The zero-order valence-electron chi connectivity index (χ0n) is 13.9. The summed E-state index contributed by atoms with van der Waals surface area (Å²) in [5.74, 6) is -0.625. The Morgan fingerprint density at radius 3 is 2.60 bits per heavy atom. The smallest absolute Gasteiger partial charge is 0.322 e. The fourth-order valence-electron chi connectivity index (χ4n) is 3.50. The molecule has 1 aliphatic carbocycles. The summed E-state index contributed by atoms with van der Waals surface area (Å²) in [5, 5.41) is 16.3. The van der Waals surface area contributed by atoms with E-state index in [1.54, 1.807) is 0 Å². The van der Waals surface area contributed by atoms with E-state index in [1.807, 2.05) is 37.4 Å². The Labute approximate surface area is 157 Å². The number of benzene rings is 2. The predicted octanol–water partition coefficient (Wildman–Crippen LogP) is 4.68. The number of anilines is 1. The summed E-state index contributed by atoms with van der Waals surface area (Å²) in [5.41, 5.74) is 4.40. The maximum Gasteiger partial charge on any atom is 0.322 e. The Bertz CT molecular complexity index is 795. The van der Waals surface area contributed by atoms with Crippen LogP contribution < -0.4 is 10.6 Å². The highest BCUT2D eigenvalue weighted by molar-refractivity contribution is 6.42. The van der Waals surface area contributed by atoms with E-state index >= 15 is 0 Å². The maximum absolute atomic E-state index is 10.8. The van der Waals surface area contributed by atoms with Gasteiger partial charge >= 0.3 is 5.97 Å². The van der Waals surface area contributed by atoms with Crippen molar-refractivity contribution < 1.29 is 9.90 Å². The van der Waals surface area contributed by atoms with E-state index in [0.717, 1.165) is 24.1 Å². The van der Waals surface area contributed by atoms with E-state index in [9.17, 15) is 4.79 Å². The lowest BCUT2D eigenvalue weighted by molar-refractivity contribution is -0.134. The number of halogens is 2. The van der Waals surface area contributed by atoms with E-state index in [-0.39, 0.29) is 18.5 Å². The third-order valence-electron chi connectivity index (χ3n) is 4.72. The molecule has 6 heteroatoms. The van der Waals surface area contributed by atoms with E-state index in [2.05, 4.69) is 16.7 Å². The van der Waals surface area contributed by atoms with Crippen LogP contribution in [0.4, 0.5) is 5.69 Å². The van der Waals surface area contributed by atoms with Gasteiger partial charge in [0.2, 0.25) is 0 Å². The second-order valence-electron chi connectivity index (χ2n) is 6.24. The molecule has 0 saturated carbocycles. The number of aliphatic carboxylic acids is 1. The van der Waals surface area contributed by atoms with Crippen LogP contribution in [0.1, 0.15) is 41.5 Å². The number of nitrogens with one attached hydrogen (secondary N) is 2. The largest absolute Gasteiger partial charge is 0.480 e. The Morgan fingerprint density at radius 2 is 1.92 bits per heavy atom. The van der Waals surface area contributed by atoms with Gasteiger partial charge < -0.3 is 15.7 Å². The van der Waals surface area contributed by atoms with Gasteiger partial charge in [0.25, 0.3) is 0 Å². The van der Waals surface area contributed by atoms with Crippen molar-refractivity contribution >= 4 is 34.9 Å². The van der Waals surface area contributed by atoms with Crippen LogP contribution in [0, 0.1) is 0 Å². The lowest BCUT2D eigenvalue weighted by Crippen LogP contribution is -2.24. The monoisotopic (exact) mass is 378 g/mol. The summed E-state index contributed by atoms with van der Waals surface area (Å²) in [6.45, 7) is -0.0980. The van der Waals surface area contributed by atoms with Crippen LogP contribution in [0.5, 0.6) is 0 Å². The average Bonchev–Trinajstić information content (AvgIpc) is 2.61. The lowest BCUT2D eigenvalue weighted by atomic mass is 9.76. The molecular formula is C19H20Cl2N2O2. The van der Waals surface area contributed by atoms with Gasteiger partial charge in [0, 0.05) is 17.6 Å². The van der Waals surface area contributed by atoms with E-state index in [0.29, 0.717) is 10.0 Å². The summed E-state index contributed by atoms with van der Waals surface area (Å²) in [7, 11) is 1.95. The molecule has 132 valence electrons. The van der Waals surface area contributed by atoms with Gasteiger partial charge in [-0.25, -0.2) is 0 Å². The first-order valence-corrected chi connectivity index (χ1v) is 8.97. The van der Waals surface area contributed by atoms with Gasteiger partial charge in [-0.2, -0.15) is 0 Å². The number of hydrogen-bond acceptors (Lipinski definition) is 3. The minimum atomic E-state index is -0.878. The van der Waals surface area contributed by atoms with Gasteiger partial charge in [-0.3, -0.25) is 4.79 Å². The highest BCUT2D eigenvalue weighted by Crippen LogP contribution is 2.43. The Balaban J connectivity index is 1.97. The van der Waals surface area contributed by atoms with Gasteiger partial charge in [-0.1, -0.05) is 35.3 Å². The Hall–Kier alpha value is -1.75. The van der Waals surface area contributed by atoms with Gasteiger partial charge in [-0.05, 0) is 60.8 Å². The van der Waals surface area contributed by atoms with Crippen LogP contribution in [0.15, 0.2) is 36.4 Å². The molecule has 4 nitrogen and oxygen atoms in total. The SMILES string of the molecule is CNC1CCC(c2ccc(Cl)c(Cl)c2)c2ccc(NCC(=O)O)cc21. The highest BCUT2D eigenvalue weighted by atomic mass is 35.5. The molecule has 1 aliphatic rings. The Morgan fingerprint density at radius 1 is 1.12 bits per heavy atom. The van der Waals surface area contributed by atoms with Crippen LogP contribution >= 0.6 is 23.2 Å². The quantitative estimate of drug-likeness (QED) is 0.706. The first kappa shape index (κ1) is 18.1. The maximum atomic E-state index is 10.8. The summed E-state index contributed by atoms with van der Waals surface area (Å²) in [6.07, 6.45) is 2.01. The molecule has 2 aromatic carbocycles. The summed E-state index contributed by atoms with van der Waals surface area (Å²) >= 11 is 12.3. The van der Waals surface area contributed by atoms with Crippen molar-refractivity contribution in [3.05, 3.63) is 63.1 Å². The highest BCUT2D eigenvalue weighted by Gasteiger charge is 2.28. The van der Waals surface area contributed by atoms with Crippen molar-refractivity contribution in [2.75, 3.05) is 18.9 Å². The second-order valence-corrected chi connectivity index (χ2v) is 7.05. The van der Waals surface area contributed by atoms with Gasteiger partial charge in [-0.15, -0.1) is 0 Å². The molecule has 0 heterocycles. The zero-order chi connectivity index (χ0) is 18.0. The van der Waals surface area contributed by atoms with Gasteiger partial charge in [0.1, 0.15) is 6.54 Å². The molecular weight excluding hydrogens is 359 g/mol. The second kappa shape index (κ2) is 7.65. The number of carboxylic acid groups (broad SMARTS) is 1. The number of fused-ring (bicyclic) bond motifs is 1. The molecule has 0 radical (unpaired) electrons. The molecule has 0 bridgehead atoms. The molecule has 0 amide bonds. The van der Waals surface area contributed by atoms with Crippen LogP contribution in [0.3, 0.4) is 0 Å². The van der Waals surface area contributed by atoms with E-state index in [1.165, 1.54) is 11.1 Å². The van der Waals surface area contributed by atoms with Crippen molar-refractivity contribution in [2.45, 2.75) is 24.8 Å². The predicted molar refractivity (Wildman–Crippen MR) is 102 cm³/mol. The van der Waals surface area contributed by atoms with Crippen molar-refractivity contribution in [3.8, 4) is 0 Å². The third-order valence-corrected chi connectivity index (χ3v) is 5.46. The average molecular weight is 379 g/mol. The standard InChI is InChI=1S/C19H20Cl2N2O2/c1-22-18-7-5-13(11-2-6-16(20)17(21)8-11)14-4-3-12(9-15(14)18)23-10-19(24)25/h2-4,6,8-9,13,18,22-23H,5,7,10H2,1H3,(H,24,25). The zero-order valence-corrected chi connectivity index (χ0v) is 15.4. The molecule has 0 spiro atoms. The summed E-state index contributed by atoms with van der Waals surface area (Å²) in [6, 6.07) is 12.1. The molecule has 3 N–H and O–H groups in total. The summed E-state index contributed by atoms with van der Waals surface area (Å²) in [4.78, 5) is 10.8. The van der Waals surface area contributed by atoms with Crippen molar-refractivity contribution in [1.29, 1.82) is 0 Å². The van der Waals surface area contributed by atoms with Gasteiger partial charge in [0.15, 0.2) is 0 Å². The number of hydrogen-bond donors (Lipinski definition) is 3. The first-order valence-electron chi connectivity index (χ1n) is 8.21. The van der Waals surface area contributed by atoms with Crippen LogP contribution in [-0.4, -0.2) is 24.7 Å². The molecule has 2 atom stereocenters. The molecule has 0 fully saturated rings. The summed E-state index contributed by atoms with van der Waals surface area (Å²) < 4.78 is 0. The van der Waals surface area contributed by atoms with Crippen molar-refractivity contribution in [3.63, 3.8) is 0 Å². The van der Waals surface area contributed by atoms with Gasteiger partial charge in [0.05, 0.1) is 10.0 Å². The third kappa shape index (κ3) is 3.92. The fourth-order valence-corrected chi connectivity index (χ4v) is 3.81. The van der Waals surface area contributed by atoms with Crippen molar-refractivity contribution in [1.82, 2.24) is 5.32 Å². The minimum Gasteiger partial charge on any atom is -0.480 e. The van der Waals surface area contributed by atoms with Crippen LogP contribution in [0.25, 0.3) is 0 Å². The van der Waals surface area contributed by atoms with Crippen LogP contribution in [0.2, 0.25) is 10.0 Å². The fraction of sp³-hybridized carbons (Fsp3) is 0.316. The van der Waals surface area contributed by atoms with E-state index in [4.69, 9.17) is 28.3 Å². The Kier molecular flexibility index (Phi) is 5.52. The number of rotatable bonds is 5. The molecule has 2 unspecified atom stereocenters. The molecule has 3 rings (SSSR count). The lowest BCUT2D eigenvalue weighted by Gasteiger charge is -2.32. The van der Waals surface area contributed by atoms with Crippen LogP contribution in [-0.2, 0) is 4.79 Å². The van der Waals surface area contributed by atoms with Crippen molar-refractivity contribution in [2.24, 2.45) is 0 Å². The first-order chi connectivity index (χ1) is 12.0.